The molecule has 0 spiro atoms. The van der Waals surface area contributed by atoms with Gasteiger partial charge in [0.25, 0.3) is 5.91 Å². The quantitative estimate of drug-likeness (QED) is 0.922. The van der Waals surface area contributed by atoms with E-state index in [9.17, 15) is 4.79 Å². The van der Waals surface area contributed by atoms with Crippen LogP contribution in [0.3, 0.4) is 0 Å². The van der Waals surface area contributed by atoms with Crippen LogP contribution in [0, 0.1) is 11.3 Å². The summed E-state index contributed by atoms with van der Waals surface area (Å²) in [5.74, 6) is 0.573. The minimum absolute atomic E-state index is 0.107. The number of rotatable bonds is 3. The van der Waals surface area contributed by atoms with E-state index in [1.54, 1.807) is 11.8 Å². The van der Waals surface area contributed by atoms with Gasteiger partial charge in [0.05, 0.1) is 4.24 Å². The van der Waals surface area contributed by atoms with Crippen molar-refractivity contribution in [1.29, 1.82) is 5.26 Å². The molecule has 0 bridgehead atoms. The van der Waals surface area contributed by atoms with Crippen LogP contribution in [0.5, 0.6) is 0 Å². The van der Waals surface area contributed by atoms with Gasteiger partial charge >= 0.3 is 0 Å². The third-order valence-electron chi connectivity index (χ3n) is 2.41. The number of hydrogen-bond donors (Lipinski definition) is 1. The van der Waals surface area contributed by atoms with Crippen molar-refractivity contribution >= 4 is 29.4 Å². The number of nitrogens with one attached hydrogen (secondary N) is 1. The van der Waals surface area contributed by atoms with Crippen molar-refractivity contribution in [3.63, 3.8) is 0 Å². The Morgan fingerprint density at radius 2 is 2.17 bits per heavy atom. The molecule has 1 N–H and O–H groups in total. The van der Waals surface area contributed by atoms with Crippen molar-refractivity contribution in [3.8, 4) is 6.07 Å². The molecule has 18 heavy (non-hydrogen) atoms. The molecule has 1 aliphatic rings. The van der Waals surface area contributed by atoms with E-state index < -0.39 is 0 Å². The van der Waals surface area contributed by atoms with Gasteiger partial charge in [0, 0.05) is 0 Å². The van der Waals surface area contributed by atoms with Crippen molar-refractivity contribution in [1.82, 2.24) is 5.32 Å². The van der Waals surface area contributed by atoms with E-state index in [-0.39, 0.29) is 16.9 Å². The highest BCUT2D eigenvalue weighted by Crippen LogP contribution is 2.43. The molecule has 1 amide bonds. The smallest absolute Gasteiger partial charge is 0.264 e. The topological polar surface area (TPSA) is 52.9 Å². The Kier molecular flexibility index (Phi) is 4.34. The van der Waals surface area contributed by atoms with Gasteiger partial charge in [-0.1, -0.05) is 49.0 Å². The van der Waals surface area contributed by atoms with Crippen molar-refractivity contribution in [2.24, 2.45) is 0 Å². The van der Waals surface area contributed by atoms with Crippen LogP contribution in [0.1, 0.15) is 17.9 Å². The van der Waals surface area contributed by atoms with Crippen LogP contribution < -0.4 is 5.32 Å². The van der Waals surface area contributed by atoms with Crippen LogP contribution in [0.2, 0.25) is 0 Å². The van der Waals surface area contributed by atoms with Gasteiger partial charge in [-0.15, -0.1) is 11.8 Å². The van der Waals surface area contributed by atoms with E-state index >= 15 is 0 Å². The second kappa shape index (κ2) is 5.98. The molecule has 1 atom stereocenters. The lowest BCUT2D eigenvalue weighted by atomic mass is 10.2. The Morgan fingerprint density at radius 3 is 2.78 bits per heavy atom. The first-order valence-corrected chi connectivity index (χ1v) is 7.42. The number of nitrogens with zero attached hydrogens (tertiary/aromatic N) is 1. The molecule has 0 fully saturated rings. The third-order valence-corrected chi connectivity index (χ3v) is 4.85. The Bertz CT molecular complexity index is 520. The maximum atomic E-state index is 11.9. The Labute approximate surface area is 115 Å². The van der Waals surface area contributed by atoms with E-state index in [0.717, 1.165) is 15.6 Å². The number of nitriles is 1. The first-order chi connectivity index (χ1) is 8.76. The van der Waals surface area contributed by atoms with E-state index in [2.05, 4.69) is 5.32 Å². The Morgan fingerprint density at radius 1 is 1.44 bits per heavy atom. The molecule has 1 heterocycles. The lowest BCUT2D eigenvalue weighted by molar-refractivity contribution is -0.117. The van der Waals surface area contributed by atoms with Crippen LogP contribution in [0.4, 0.5) is 0 Å². The molecule has 0 saturated carbocycles. The SMILES string of the molecule is CCSC1=C(C#N)C(=O)NC(c2ccccc2)S1. The van der Waals surface area contributed by atoms with Crippen LogP contribution >= 0.6 is 23.5 Å². The summed E-state index contributed by atoms with van der Waals surface area (Å²) in [6.07, 6.45) is 0. The number of benzene rings is 1. The highest BCUT2D eigenvalue weighted by molar-refractivity contribution is 8.22. The predicted molar refractivity (Wildman–Crippen MR) is 75.7 cm³/mol. The molecule has 0 aliphatic carbocycles. The largest absolute Gasteiger partial charge is 0.335 e. The summed E-state index contributed by atoms with van der Waals surface area (Å²) in [4.78, 5) is 11.9. The van der Waals surface area contributed by atoms with Gasteiger partial charge in [0.1, 0.15) is 17.0 Å². The average Bonchev–Trinajstić information content (AvgIpc) is 2.40. The molecule has 3 nitrogen and oxygen atoms in total. The molecule has 2 rings (SSSR count). The normalized spacial score (nSPS) is 19.3. The van der Waals surface area contributed by atoms with Crippen LogP contribution in [-0.4, -0.2) is 11.7 Å². The zero-order valence-corrected chi connectivity index (χ0v) is 11.5. The van der Waals surface area contributed by atoms with E-state index in [1.807, 2.05) is 43.3 Å². The number of amides is 1. The van der Waals surface area contributed by atoms with Gasteiger partial charge in [-0.3, -0.25) is 4.79 Å². The summed E-state index contributed by atoms with van der Waals surface area (Å²) in [5.41, 5.74) is 1.28. The first-order valence-electron chi connectivity index (χ1n) is 5.56. The second-order valence-corrected chi connectivity index (χ2v) is 6.24. The summed E-state index contributed by atoms with van der Waals surface area (Å²) in [7, 11) is 0. The van der Waals surface area contributed by atoms with Crippen molar-refractivity contribution in [2.75, 3.05) is 5.75 Å². The molecule has 5 heteroatoms. The monoisotopic (exact) mass is 276 g/mol. The molecule has 1 aromatic carbocycles. The van der Waals surface area contributed by atoms with Gasteiger partial charge in [0.2, 0.25) is 0 Å². The van der Waals surface area contributed by atoms with E-state index in [1.165, 1.54) is 11.8 Å². The molecule has 0 saturated heterocycles. The minimum Gasteiger partial charge on any atom is -0.335 e. The molecular formula is C13H12N2OS2. The van der Waals surface area contributed by atoms with Gasteiger partial charge < -0.3 is 5.32 Å². The first kappa shape index (κ1) is 13.1. The number of carbonyl (C=O) groups is 1. The minimum atomic E-state index is -0.277. The average molecular weight is 276 g/mol. The molecule has 1 aliphatic heterocycles. The number of carbonyl (C=O) groups excluding carboxylic acids is 1. The Balaban J connectivity index is 2.29. The Hall–Kier alpha value is -1.38. The molecule has 1 aromatic rings. The fourth-order valence-electron chi connectivity index (χ4n) is 1.59. The lowest BCUT2D eigenvalue weighted by Crippen LogP contribution is -2.31. The third kappa shape index (κ3) is 2.71. The van der Waals surface area contributed by atoms with Crippen LogP contribution in [0.15, 0.2) is 40.1 Å². The maximum absolute atomic E-state index is 11.9. The van der Waals surface area contributed by atoms with E-state index in [0.29, 0.717) is 0 Å². The fourth-order valence-corrected chi connectivity index (χ4v) is 3.98. The van der Waals surface area contributed by atoms with Gasteiger partial charge in [-0.05, 0) is 11.3 Å². The standard InChI is InChI=1S/C13H12N2OS2/c1-2-17-13-10(8-14)11(16)15-12(18-13)9-6-4-3-5-7-9/h3-7,12H,2H2,1H3,(H,15,16). The van der Waals surface area contributed by atoms with Gasteiger partial charge in [0.15, 0.2) is 0 Å². The summed E-state index contributed by atoms with van der Waals surface area (Å²) >= 11 is 3.08. The summed E-state index contributed by atoms with van der Waals surface area (Å²) in [6, 6.07) is 11.8. The highest BCUT2D eigenvalue weighted by Gasteiger charge is 2.28. The zero-order chi connectivity index (χ0) is 13.0. The summed E-state index contributed by atoms with van der Waals surface area (Å²) in [6.45, 7) is 2.01. The fraction of sp³-hybridized carbons (Fsp3) is 0.231. The highest BCUT2D eigenvalue weighted by atomic mass is 32.2. The lowest BCUT2D eigenvalue weighted by Gasteiger charge is -2.24. The molecule has 0 radical (unpaired) electrons. The molecule has 92 valence electrons. The zero-order valence-electron chi connectivity index (χ0n) is 9.84. The van der Waals surface area contributed by atoms with Crippen LogP contribution in [-0.2, 0) is 4.79 Å². The van der Waals surface area contributed by atoms with E-state index in [4.69, 9.17) is 5.26 Å². The molecule has 1 unspecified atom stereocenters. The number of thioether (sulfide) groups is 2. The summed E-state index contributed by atoms with van der Waals surface area (Å²) in [5, 5.41) is 11.8. The number of hydrogen-bond acceptors (Lipinski definition) is 4. The van der Waals surface area contributed by atoms with Crippen molar-refractivity contribution in [3.05, 3.63) is 45.7 Å². The van der Waals surface area contributed by atoms with Gasteiger partial charge in [-0.25, -0.2) is 0 Å². The maximum Gasteiger partial charge on any atom is 0.264 e. The predicted octanol–water partition coefficient (Wildman–Crippen LogP) is 3.04. The van der Waals surface area contributed by atoms with Crippen molar-refractivity contribution < 1.29 is 4.79 Å². The van der Waals surface area contributed by atoms with Crippen LogP contribution in [0.25, 0.3) is 0 Å². The second-order valence-electron chi connectivity index (χ2n) is 3.59. The molecule has 0 aromatic heterocycles. The molecular weight excluding hydrogens is 264 g/mol. The summed E-state index contributed by atoms with van der Waals surface area (Å²) < 4.78 is 0.817. The van der Waals surface area contributed by atoms with Crippen molar-refractivity contribution in [2.45, 2.75) is 12.3 Å². The van der Waals surface area contributed by atoms with Gasteiger partial charge in [-0.2, -0.15) is 5.26 Å².